The van der Waals surface area contributed by atoms with Gasteiger partial charge in [0.2, 0.25) is 0 Å². The third-order valence-corrected chi connectivity index (χ3v) is 3.07. The topological polar surface area (TPSA) is 38.0 Å². The van der Waals surface area contributed by atoms with Crippen LogP contribution in [0.2, 0.25) is 0 Å². The van der Waals surface area contributed by atoms with Gasteiger partial charge in [-0.15, -0.1) is 0 Å². The Morgan fingerprint density at radius 3 is 2.17 bits per heavy atom. The van der Waals surface area contributed by atoms with E-state index in [0.717, 1.165) is 18.5 Å². The van der Waals surface area contributed by atoms with E-state index in [9.17, 15) is 0 Å². The summed E-state index contributed by atoms with van der Waals surface area (Å²) in [5, 5.41) is 3.49. The van der Waals surface area contributed by atoms with E-state index < -0.39 is 0 Å². The van der Waals surface area contributed by atoms with Crippen molar-refractivity contribution in [1.29, 1.82) is 0 Å². The van der Waals surface area contributed by atoms with Crippen LogP contribution in [0.1, 0.15) is 59.8 Å². The van der Waals surface area contributed by atoms with Crippen LogP contribution in [0, 0.1) is 0 Å². The summed E-state index contributed by atoms with van der Waals surface area (Å²) in [5.41, 5.74) is 8.54. The minimum atomic E-state index is -0.212. The Balaban J connectivity index is 0.00000137. The van der Waals surface area contributed by atoms with Gasteiger partial charge in [-0.25, -0.2) is 0 Å². The molecule has 104 valence electrons. The summed E-state index contributed by atoms with van der Waals surface area (Å²) in [6, 6.07) is 0. The van der Waals surface area contributed by atoms with Crippen LogP contribution < -0.4 is 11.1 Å². The Kier molecular flexibility index (Phi) is 8.47. The smallest absolute Gasteiger partial charge is 0.0856 e. The molecule has 0 radical (unpaired) electrons. The van der Waals surface area contributed by atoms with Crippen LogP contribution in [-0.4, -0.2) is 5.66 Å². The van der Waals surface area contributed by atoms with Crippen molar-refractivity contribution >= 4 is 0 Å². The zero-order valence-electron chi connectivity index (χ0n) is 12.6. The maximum atomic E-state index is 6.36. The van der Waals surface area contributed by atoms with Gasteiger partial charge < -0.3 is 11.1 Å². The Bertz CT molecular complexity index is 290. The van der Waals surface area contributed by atoms with Crippen molar-refractivity contribution in [1.82, 2.24) is 5.32 Å². The fourth-order valence-electron chi connectivity index (χ4n) is 2.07. The number of rotatable bonds is 4. The zero-order valence-corrected chi connectivity index (χ0v) is 12.6. The van der Waals surface area contributed by atoms with Crippen LogP contribution in [0.15, 0.2) is 36.1 Å². The third kappa shape index (κ3) is 6.06. The number of nitrogens with two attached hydrogens (primary N) is 1. The lowest BCUT2D eigenvalue weighted by atomic mass is 9.89. The summed E-state index contributed by atoms with van der Waals surface area (Å²) in [5.74, 6) is 0. The molecule has 0 aromatic heterocycles. The van der Waals surface area contributed by atoms with Gasteiger partial charge >= 0.3 is 0 Å². The van der Waals surface area contributed by atoms with Gasteiger partial charge in [0.1, 0.15) is 0 Å². The average molecular weight is 250 g/mol. The van der Waals surface area contributed by atoms with E-state index in [-0.39, 0.29) is 5.66 Å². The zero-order chi connectivity index (χ0) is 14.0. The fourth-order valence-corrected chi connectivity index (χ4v) is 2.07. The summed E-state index contributed by atoms with van der Waals surface area (Å²) >= 11 is 0. The molecule has 0 spiro atoms. The molecule has 0 aromatic rings. The molecule has 1 aliphatic carbocycles. The lowest BCUT2D eigenvalue weighted by Gasteiger charge is -2.36. The molecule has 1 fully saturated rings. The Morgan fingerprint density at radius 2 is 1.72 bits per heavy atom. The minimum absolute atomic E-state index is 0.212. The van der Waals surface area contributed by atoms with Crippen molar-refractivity contribution in [3.8, 4) is 0 Å². The predicted octanol–water partition coefficient (Wildman–Crippen LogP) is 4.26. The van der Waals surface area contributed by atoms with Crippen LogP contribution in [-0.2, 0) is 0 Å². The monoisotopic (exact) mass is 250 g/mol. The molecule has 1 aliphatic rings. The lowest BCUT2D eigenvalue weighted by molar-refractivity contribution is 0.259. The highest BCUT2D eigenvalue weighted by Crippen LogP contribution is 2.25. The molecular weight excluding hydrogens is 220 g/mol. The molecule has 0 amide bonds. The molecule has 0 aliphatic heterocycles. The highest BCUT2D eigenvalue weighted by molar-refractivity contribution is 5.25. The van der Waals surface area contributed by atoms with E-state index in [1.54, 1.807) is 6.08 Å². The number of hydrogen-bond acceptors (Lipinski definition) is 2. The van der Waals surface area contributed by atoms with Crippen molar-refractivity contribution in [3.63, 3.8) is 0 Å². The second-order valence-corrected chi connectivity index (χ2v) is 4.85. The Labute approximate surface area is 113 Å². The number of nitrogens with one attached hydrogen (secondary N) is 1. The van der Waals surface area contributed by atoms with Gasteiger partial charge in [-0.1, -0.05) is 44.6 Å². The van der Waals surface area contributed by atoms with Crippen LogP contribution in [0.3, 0.4) is 0 Å². The predicted molar refractivity (Wildman–Crippen MR) is 82.2 cm³/mol. The second-order valence-electron chi connectivity index (χ2n) is 4.85. The highest BCUT2D eigenvalue weighted by atomic mass is 15.1. The fraction of sp³-hybridized carbons (Fsp3) is 0.625. The number of allylic oxidation sites excluding steroid dienone is 4. The molecule has 0 saturated heterocycles. The highest BCUT2D eigenvalue weighted by Gasteiger charge is 2.27. The molecule has 2 heteroatoms. The SMILES string of the molecule is C=C/C=C\C(NC1(N)CCCCC1)=C(C)C.CC. The molecule has 0 aromatic carbocycles. The maximum Gasteiger partial charge on any atom is 0.0856 e. The van der Waals surface area contributed by atoms with E-state index in [1.807, 2.05) is 26.0 Å². The molecule has 1 rings (SSSR count). The molecule has 18 heavy (non-hydrogen) atoms. The Morgan fingerprint density at radius 1 is 1.17 bits per heavy atom. The first-order valence-corrected chi connectivity index (χ1v) is 7.11. The molecule has 0 heterocycles. The van der Waals surface area contributed by atoms with Crippen molar-refractivity contribution in [3.05, 3.63) is 36.1 Å². The first kappa shape index (κ1) is 17.0. The van der Waals surface area contributed by atoms with E-state index in [1.165, 1.54) is 24.8 Å². The molecule has 1 saturated carbocycles. The van der Waals surface area contributed by atoms with Crippen LogP contribution in [0.5, 0.6) is 0 Å². The Hall–Kier alpha value is -1.02. The van der Waals surface area contributed by atoms with Gasteiger partial charge in [0.25, 0.3) is 0 Å². The van der Waals surface area contributed by atoms with Crippen LogP contribution in [0.25, 0.3) is 0 Å². The summed E-state index contributed by atoms with van der Waals surface area (Å²) < 4.78 is 0. The minimum Gasteiger partial charge on any atom is -0.367 e. The second kappa shape index (κ2) is 8.98. The summed E-state index contributed by atoms with van der Waals surface area (Å²) in [6.45, 7) is 11.9. The molecule has 0 unspecified atom stereocenters. The molecule has 0 bridgehead atoms. The largest absolute Gasteiger partial charge is 0.367 e. The first-order chi connectivity index (χ1) is 8.57. The summed E-state index contributed by atoms with van der Waals surface area (Å²) in [4.78, 5) is 0. The molecule has 2 nitrogen and oxygen atoms in total. The third-order valence-electron chi connectivity index (χ3n) is 3.07. The molecule has 0 atom stereocenters. The molecule has 3 N–H and O–H groups in total. The van der Waals surface area contributed by atoms with Crippen molar-refractivity contribution < 1.29 is 0 Å². The average Bonchev–Trinajstić information content (AvgIpc) is 2.37. The van der Waals surface area contributed by atoms with Gasteiger partial charge in [-0.3, -0.25) is 0 Å². The first-order valence-electron chi connectivity index (χ1n) is 7.11. The van der Waals surface area contributed by atoms with E-state index in [2.05, 4.69) is 25.7 Å². The lowest BCUT2D eigenvalue weighted by Crippen LogP contribution is -2.54. The van der Waals surface area contributed by atoms with Gasteiger partial charge in [0.15, 0.2) is 0 Å². The van der Waals surface area contributed by atoms with E-state index >= 15 is 0 Å². The van der Waals surface area contributed by atoms with E-state index in [4.69, 9.17) is 5.73 Å². The van der Waals surface area contributed by atoms with Gasteiger partial charge in [-0.2, -0.15) is 0 Å². The normalized spacial score (nSPS) is 17.6. The van der Waals surface area contributed by atoms with E-state index in [0.29, 0.717) is 0 Å². The summed E-state index contributed by atoms with van der Waals surface area (Å²) in [7, 11) is 0. The number of hydrogen-bond donors (Lipinski definition) is 2. The van der Waals surface area contributed by atoms with Gasteiger partial charge in [0, 0.05) is 5.70 Å². The van der Waals surface area contributed by atoms with Crippen molar-refractivity contribution in [2.75, 3.05) is 0 Å². The molecular formula is C16H30N2. The van der Waals surface area contributed by atoms with Gasteiger partial charge in [0.05, 0.1) is 5.66 Å². The summed E-state index contributed by atoms with van der Waals surface area (Å²) in [6.07, 6.45) is 11.7. The van der Waals surface area contributed by atoms with Crippen molar-refractivity contribution in [2.45, 2.75) is 65.5 Å². The quantitative estimate of drug-likeness (QED) is 0.578. The van der Waals surface area contributed by atoms with Crippen LogP contribution >= 0.6 is 0 Å². The van der Waals surface area contributed by atoms with Crippen molar-refractivity contribution in [2.24, 2.45) is 5.73 Å². The standard InChI is InChI=1S/C14H24N2.C2H6/c1-4-5-9-13(12(2)3)16-14(15)10-7-6-8-11-14;1-2/h4-5,9,16H,1,6-8,10-11,15H2,2-3H3;1-2H3/b9-5-;. The van der Waals surface area contributed by atoms with Crippen LogP contribution in [0.4, 0.5) is 0 Å². The maximum absolute atomic E-state index is 6.36. The van der Waals surface area contributed by atoms with Gasteiger partial charge in [-0.05, 0) is 45.6 Å².